The van der Waals surface area contributed by atoms with Gasteiger partial charge in [-0.1, -0.05) is 24.3 Å². The lowest BCUT2D eigenvalue weighted by Crippen LogP contribution is -2.19. The molecule has 3 aromatic carbocycles. The maximum absolute atomic E-state index is 12.9. The summed E-state index contributed by atoms with van der Waals surface area (Å²) in [5.41, 5.74) is 1.65. The summed E-state index contributed by atoms with van der Waals surface area (Å²) in [4.78, 5) is 23.9. The van der Waals surface area contributed by atoms with Crippen molar-refractivity contribution in [2.45, 2.75) is 25.3 Å². The predicted octanol–water partition coefficient (Wildman–Crippen LogP) is 3.77. The van der Waals surface area contributed by atoms with Gasteiger partial charge in [-0.2, -0.15) is 0 Å². The average Bonchev–Trinajstić information content (AvgIpc) is 2.79. The van der Waals surface area contributed by atoms with Crippen LogP contribution >= 0.6 is 0 Å². The van der Waals surface area contributed by atoms with Crippen molar-refractivity contribution in [3.05, 3.63) is 83.9 Å². The molecule has 0 saturated carbocycles. The number of rotatable bonds is 9. The zero-order valence-corrected chi connectivity index (χ0v) is 19.1. The molecule has 0 saturated heterocycles. The fraction of sp³-hybridized carbons (Fsp3) is 0.167. The van der Waals surface area contributed by atoms with Crippen LogP contribution in [0.1, 0.15) is 29.8 Å². The molecule has 0 fully saturated rings. The zero-order valence-electron chi connectivity index (χ0n) is 18.3. The van der Waals surface area contributed by atoms with Gasteiger partial charge in [0.2, 0.25) is 5.91 Å². The number of anilines is 2. The summed E-state index contributed by atoms with van der Waals surface area (Å²) in [5, 5.41) is 5.41. The summed E-state index contributed by atoms with van der Waals surface area (Å²) in [5.74, 6) is 0.0587. The fourth-order valence-electron chi connectivity index (χ4n) is 2.99. The summed E-state index contributed by atoms with van der Waals surface area (Å²) in [6, 6.07) is 19.4. The van der Waals surface area contributed by atoms with Gasteiger partial charge in [0, 0.05) is 19.2 Å². The van der Waals surface area contributed by atoms with Gasteiger partial charge in [-0.15, -0.1) is 0 Å². The average molecular weight is 468 g/mol. The quantitative estimate of drug-likeness (QED) is 0.443. The van der Waals surface area contributed by atoms with Gasteiger partial charge in [0.05, 0.1) is 22.8 Å². The van der Waals surface area contributed by atoms with Crippen molar-refractivity contribution in [3.8, 4) is 5.75 Å². The molecule has 3 N–H and O–H groups in total. The van der Waals surface area contributed by atoms with Crippen molar-refractivity contribution in [3.63, 3.8) is 0 Å². The molecule has 0 atom stereocenters. The van der Waals surface area contributed by atoms with Crippen molar-refractivity contribution in [2.75, 3.05) is 16.6 Å². The number of ether oxygens (including phenoxy) is 1. The number of sulfonamides is 1. The first-order valence-corrected chi connectivity index (χ1v) is 11.8. The van der Waals surface area contributed by atoms with Gasteiger partial charge in [-0.3, -0.25) is 14.3 Å². The van der Waals surface area contributed by atoms with Crippen molar-refractivity contribution in [1.82, 2.24) is 5.32 Å². The van der Waals surface area contributed by atoms with Crippen molar-refractivity contribution in [1.29, 1.82) is 0 Å². The van der Waals surface area contributed by atoms with Crippen molar-refractivity contribution in [2.24, 2.45) is 0 Å². The van der Waals surface area contributed by atoms with E-state index in [-0.39, 0.29) is 22.1 Å². The first-order valence-electron chi connectivity index (χ1n) is 10.3. The van der Waals surface area contributed by atoms with Gasteiger partial charge in [-0.05, 0) is 61.0 Å². The Hall–Kier alpha value is -3.85. The number of nitrogens with one attached hydrogen (secondary N) is 3. The summed E-state index contributed by atoms with van der Waals surface area (Å²) in [6.07, 6.45) is 0. The van der Waals surface area contributed by atoms with Gasteiger partial charge < -0.3 is 15.4 Å². The lowest BCUT2D eigenvalue weighted by Gasteiger charge is -2.13. The Balaban J connectivity index is 1.75. The molecule has 3 rings (SSSR count). The second kappa shape index (κ2) is 10.6. The molecule has 0 aliphatic rings. The SMILES string of the molecule is CCOc1ccc(NC(=O)c2ccccc2NS(=O)(=O)c2ccc(CNC(C)=O)cc2)cc1. The molecule has 0 unspecified atom stereocenters. The molecule has 0 aliphatic carbocycles. The summed E-state index contributed by atoms with van der Waals surface area (Å²) < 4.78 is 33.6. The smallest absolute Gasteiger partial charge is 0.261 e. The van der Waals surface area contributed by atoms with Crippen LogP contribution in [-0.2, 0) is 21.4 Å². The molecule has 0 heterocycles. The third kappa shape index (κ3) is 6.56. The lowest BCUT2D eigenvalue weighted by atomic mass is 10.1. The number of carbonyl (C=O) groups excluding carboxylic acids is 2. The summed E-state index contributed by atoms with van der Waals surface area (Å²) in [7, 11) is -3.94. The molecule has 0 aliphatic heterocycles. The van der Waals surface area contributed by atoms with E-state index in [1.54, 1.807) is 48.5 Å². The minimum atomic E-state index is -3.94. The Morgan fingerprint density at radius 3 is 2.21 bits per heavy atom. The molecule has 0 radical (unpaired) electrons. The highest BCUT2D eigenvalue weighted by atomic mass is 32.2. The third-order valence-corrected chi connectivity index (χ3v) is 6.00. The van der Waals surface area contributed by atoms with Crippen LogP contribution in [0.3, 0.4) is 0 Å². The fourth-order valence-corrected chi connectivity index (χ4v) is 4.07. The van der Waals surface area contributed by atoms with Crippen molar-refractivity contribution >= 4 is 33.2 Å². The highest BCUT2D eigenvalue weighted by Crippen LogP contribution is 2.23. The van der Waals surface area contributed by atoms with E-state index in [0.29, 0.717) is 24.6 Å². The maximum atomic E-state index is 12.9. The van der Waals surface area contributed by atoms with E-state index in [1.165, 1.54) is 31.2 Å². The number of para-hydroxylation sites is 1. The molecule has 0 aromatic heterocycles. The van der Waals surface area contributed by atoms with E-state index in [9.17, 15) is 18.0 Å². The van der Waals surface area contributed by atoms with E-state index in [0.717, 1.165) is 5.56 Å². The molecule has 172 valence electrons. The molecular weight excluding hydrogens is 442 g/mol. The zero-order chi connectivity index (χ0) is 23.8. The molecule has 0 spiro atoms. The van der Waals surface area contributed by atoms with E-state index in [2.05, 4.69) is 15.4 Å². The Morgan fingerprint density at radius 1 is 0.909 bits per heavy atom. The van der Waals surface area contributed by atoms with Gasteiger partial charge in [0.15, 0.2) is 0 Å². The molecule has 3 aromatic rings. The van der Waals surface area contributed by atoms with Crippen molar-refractivity contribution < 1.29 is 22.7 Å². The minimum Gasteiger partial charge on any atom is -0.494 e. The van der Waals surface area contributed by atoms with Crippen LogP contribution in [-0.4, -0.2) is 26.8 Å². The number of hydrogen-bond donors (Lipinski definition) is 3. The number of carbonyl (C=O) groups is 2. The standard InChI is InChI=1S/C24H25N3O5S/c1-3-32-20-12-10-19(11-13-20)26-24(29)22-6-4-5-7-23(22)27-33(30,31)21-14-8-18(9-15-21)16-25-17(2)28/h4-15,27H,3,16H2,1-2H3,(H,25,28)(H,26,29). The number of amides is 2. The Morgan fingerprint density at radius 2 is 1.58 bits per heavy atom. The topological polar surface area (TPSA) is 114 Å². The van der Waals surface area contributed by atoms with Crippen LogP contribution in [0.5, 0.6) is 5.75 Å². The van der Waals surface area contributed by atoms with Gasteiger partial charge >= 0.3 is 0 Å². The molecule has 33 heavy (non-hydrogen) atoms. The minimum absolute atomic E-state index is 0.0378. The van der Waals surface area contributed by atoms with Crippen LogP contribution in [0.4, 0.5) is 11.4 Å². The van der Waals surface area contributed by atoms with Crippen LogP contribution in [0.2, 0.25) is 0 Å². The molecule has 9 heteroatoms. The Kier molecular flexibility index (Phi) is 7.68. The molecule has 2 amide bonds. The molecule has 8 nitrogen and oxygen atoms in total. The predicted molar refractivity (Wildman–Crippen MR) is 127 cm³/mol. The molecule has 0 bridgehead atoms. The van der Waals surface area contributed by atoms with Crippen LogP contribution in [0, 0.1) is 0 Å². The largest absolute Gasteiger partial charge is 0.494 e. The highest BCUT2D eigenvalue weighted by molar-refractivity contribution is 7.92. The number of hydrogen-bond acceptors (Lipinski definition) is 5. The van der Waals surface area contributed by atoms with Gasteiger partial charge in [-0.25, -0.2) is 8.42 Å². The second-order valence-corrected chi connectivity index (χ2v) is 8.80. The normalized spacial score (nSPS) is 10.8. The van der Waals surface area contributed by atoms with E-state index in [4.69, 9.17) is 4.74 Å². The summed E-state index contributed by atoms with van der Waals surface area (Å²) in [6.45, 7) is 4.13. The first kappa shape index (κ1) is 23.8. The Bertz CT molecular complexity index is 1220. The maximum Gasteiger partial charge on any atom is 0.261 e. The monoisotopic (exact) mass is 467 g/mol. The van der Waals surface area contributed by atoms with E-state index in [1.807, 2.05) is 6.92 Å². The lowest BCUT2D eigenvalue weighted by molar-refractivity contribution is -0.119. The second-order valence-electron chi connectivity index (χ2n) is 7.12. The van der Waals surface area contributed by atoms with Crippen LogP contribution in [0.15, 0.2) is 77.7 Å². The van der Waals surface area contributed by atoms with E-state index < -0.39 is 15.9 Å². The third-order valence-electron chi connectivity index (χ3n) is 4.61. The number of benzene rings is 3. The van der Waals surface area contributed by atoms with E-state index >= 15 is 0 Å². The van der Waals surface area contributed by atoms with Crippen LogP contribution in [0.25, 0.3) is 0 Å². The van der Waals surface area contributed by atoms with Crippen LogP contribution < -0.4 is 20.1 Å². The van der Waals surface area contributed by atoms with Gasteiger partial charge in [0.1, 0.15) is 5.75 Å². The first-order chi connectivity index (χ1) is 15.8. The molecular formula is C24H25N3O5S. The summed E-state index contributed by atoms with van der Waals surface area (Å²) >= 11 is 0. The highest BCUT2D eigenvalue weighted by Gasteiger charge is 2.19. The van der Waals surface area contributed by atoms with Gasteiger partial charge in [0.25, 0.3) is 15.9 Å². The Labute approximate surface area is 193 Å².